The van der Waals surface area contributed by atoms with E-state index in [1.54, 1.807) is 7.05 Å². The summed E-state index contributed by atoms with van der Waals surface area (Å²) in [5, 5.41) is 3.15. The second-order valence-corrected chi connectivity index (χ2v) is 4.96. The van der Waals surface area contributed by atoms with Gasteiger partial charge in [-0.15, -0.1) is 0 Å². The first-order valence-electron chi connectivity index (χ1n) is 6.58. The monoisotopic (exact) mass is 264 g/mol. The molecular formula is C17H16N2O. The molecule has 3 rings (SSSR count). The summed E-state index contributed by atoms with van der Waals surface area (Å²) in [4.78, 5) is 12.4. The summed E-state index contributed by atoms with van der Waals surface area (Å²) in [6, 6.07) is 17.9. The van der Waals surface area contributed by atoms with Gasteiger partial charge in [-0.3, -0.25) is 14.6 Å². The van der Waals surface area contributed by atoms with Crippen molar-refractivity contribution in [3.63, 3.8) is 0 Å². The summed E-state index contributed by atoms with van der Waals surface area (Å²) in [6.07, 6.45) is 0. The molecule has 0 bridgehead atoms. The summed E-state index contributed by atoms with van der Waals surface area (Å²) in [7, 11) is 1.74. The van der Waals surface area contributed by atoms with Crippen LogP contribution in [-0.4, -0.2) is 9.78 Å². The molecule has 0 saturated carbocycles. The summed E-state index contributed by atoms with van der Waals surface area (Å²) >= 11 is 0. The Morgan fingerprint density at radius 1 is 0.900 bits per heavy atom. The van der Waals surface area contributed by atoms with E-state index in [4.69, 9.17) is 0 Å². The summed E-state index contributed by atoms with van der Waals surface area (Å²) in [5.41, 5.74) is 4.73. The molecule has 0 saturated heterocycles. The molecule has 100 valence electrons. The summed E-state index contributed by atoms with van der Waals surface area (Å²) in [5.74, 6) is 0. The largest absolute Gasteiger partial charge is 0.295 e. The number of hydrogen-bond acceptors (Lipinski definition) is 1. The normalized spacial score (nSPS) is 10.7. The highest BCUT2D eigenvalue weighted by atomic mass is 16.1. The van der Waals surface area contributed by atoms with Crippen molar-refractivity contribution < 1.29 is 0 Å². The molecule has 0 aliphatic carbocycles. The molecule has 3 aromatic rings. The van der Waals surface area contributed by atoms with Gasteiger partial charge in [0.1, 0.15) is 0 Å². The van der Waals surface area contributed by atoms with Gasteiger partial charge in [-0.25, -0.2) is 0 Å². The Bertz CT molecular complexity index is 780. The maximum absolute atomic E-state index is 12.4. The number of nitrogens with zero attached hydrogens (tertiary/aromatic N) is 1. The van der Waals surface area contributed by atoms with Gasteiger partial charge in [-0.2, -0.15) is 0 Å². The topological polar surface area (TPSA) is 37.8 Å². The molecule has 0 radical (unpaired) electrons. The molecule has 0 spiro atoms. The highest BCUT2D eigenvalue weighted by Gasteiger charge is 2.15. The van der Waals surface area contributed by atoms with E-state index < -0.39 is 0 Å². The molecule has 20 heavy (non-hydrogen) atoms. The minimum absolute atomic E-state index is 0.00762. The number of rotatable bonds is 2. The first kappa shape index (κ1) is 12.5. The van der Waals surface area contributed by atoms with Crippen molar-refractivity contribution in [1.29, 1.82) is 0 Å². The van der Waals surface area contributed by atoms with Crippen molar-refractivity contribution in [2.75, 3.05) is 0 Å². The molecular weight excluding hydrogens is 248 g/mol. The van der Waals surface area contributed by atoms with Crippen molar-refractivity contribution in [3.8, 4) is 22.4 Å². The highest BCUT2D eigenvalue weighted by molar-refractivity contribution is 5.80. The van der Waals surface area contributed by atoms with Crippen LogP contribution < -0.4 is 5.56 Å². The average Bonchev–Trinajstić information content (AvgIpc) is 2.77. The molecule has 0 unspecified atom stereocenters. The van der Waals surface area contributed by atoms with E-state index in [1.807, 2.05) is 42.5 Å². The third-order valence-electron chi connectivity index (χ3n) is 3.45. The number of H-pyrrole nitrogens is 1. The Morgan fingerprint density at radius 2 is 1.55 bits per heavy atom. The highest BCUT2D eigenvalue weighted by Crippen LogP contribution is 2.27. The molecule has 3 heteroatoms. The average molecular weight is 264 g/mol. The number of hydrogen-bond donors (Lipinski definition) is 1. The Hall–Kier alpha value is -2.55. The molecule has 0 atom stereocenters. The van der Waals surface area contributed by atoms with Crippen LogP contribution in [0, 0.1) is 6.92 Å². The van der Waals surface area contributed by atoms with Crippen LogP contribution in [0.15, 0.2) is 59.4 Å². The van der Waals surface area contributed by atoms with E-state index in [2.05, 4.69) is 24.2 Å². The Kier molecular flexibility index (Phi) is 3.03. The number of aromatic amines is 1. The Morgan fingerprint density at radius 3 is 2.20 bits per heavy atom. The lowest BCUT2D eigenvalue weighted by Crippen LogP contribution is -2.12. The molecule has 0 aliphatic rings. The van der Waals surface area contributed by atoms with Crippen LogP contribution in [0.5, 0.6) is 0 Å². The Labute approximate surface area is 117 Å². The number of nitrogens with one attached hydrogen (secondary N) is 1. The van der Waals surface area contributed by atoms with E-state index in [1.165, 1.54) is 10.2 Å². The maximum Gasteiger partial charge on any atom is 0.274 e. The summed E-state index contributed by atoms with van der Waals surface area (Å²) < 4.78 is 1.53. The van der Waals surface area contributed by atoms with Crippen molar-refractivity contribution in [2.45, 2.75) is 6.92 Å². The number of aromatic nitrogens is 2. The van der Waals surface area contributed by atoms with Gasteiger partial charge in [0.25, 0.3) is 5.56 Å². The van der Waals surface area contributed by atoms with Crippen LogP contribution >= 0.6 is 0 Å². The van der Waals surface area contributed by atoms with E-state index in [-0.39, 0.29) is 5.56 Å². The van der Waals surface area contributed by atoms with Crippen molar-refractivity contribution in [2.24, 2.45) is 7.05 Å². The van der Waals surface area contributed by atoms with Crippen LogP contribution in [-0.2, 0) is 7.05 Å². The zero-order chi connectivity index (χ0) is 14.1. The molecule has 1 aromatic heterocycles. The molecule has 0 fully saturated rings. The lowest BCUT2D eigenvalue weighted by molar-refractivity contribution is 0.743. The fraction of sp³-hybridized carbons (Fsp3) is 0.118. The van der Waals surface area contributed by atoms with Crippen LogP contribution in [0.25, 0.3) is 22.4 Å². The van der Waals surface area contributed by atoms with Crippen LogP contribution in [0.2, 0.25) is 0 Å². The zero-order valence-corrected chi connectivity index (χ0v) is 11.6. The fourth-order valence-corrected chi connectivity index (χ4v) is 2.35. The lowest BCUT2D eigenvalue weighted by Gasteiger charge is -2.03. The molecule has 0 amide bonds. The van der Waals surface area contributed by atoms with Gasteiger partial charge in [0.05, 0.1) is 11.3 Å². The molecule has 1 heterocycles. The van der Waals surface area contributed by atoms with E-state index >= 15 is 0 Å². The SMILES string of the molecule is Cc1ccc(-c2[nH]n(C)c(=O)c2-c2ccccc2)cc1. The molecule has 2 aromatic carbocycles. The van der Waals surface area contributed by atoms with Gasteiger partial charge >= 0.3 is 0 Å². The van der Waals surface area contributed by atoms with Gasteiger partial charge in [-0.05, 0) is 12.5 Å². The first-order valence-corrected chi connectivity index (χ1v) is 6.58. The third kappa shape index (κ3) is 2.07. The summed E-state index contributed by atoms with van der Waals surface area (Å²) in [6.45, 7) is 2.05. The minimum atomic E-state index is -0.00762. The predicted molar refractivity (Wildman–Crippen MR) is 81.6 cm³/mol. The van der Waals surface area contributed by atoms with Gasteiger partial charge < -0.3 is 0 Å². The van der Waals surface area contributed by atoms with Crippen LogP contribution in [0.1, 0.15) is 5.56 Å². The standard InChI is InChI=1S/C17H16N2O/c1-12-8-10-14(11-9-12)16-15(17(20)19(2)18-16)13-6-4-3-5-7-13/h3-11,18H,1-2H3. The number of aryl methyl sites for hydroxylation is 2. The minimum Gasteiger partial charge on any atom is -0.295 e. The van der Waals surface area contributed by atoms with Gasteiger partial charge in [0.15, 0.2) is 0 Å². The van der Waals surface area contributed by atoms with Crippen LogP contribution in [0.4, 0.5) is 0 Å². The van der Waals surface area contributed by atoms with Crippen molar-refractivity contribution >= 4 is 0 Å². The molecule has 1 N–H and O–H groups in total. The van der Waals surface area contributed by atoms with Gasteiger partial charge in [0, 0.05) is 12.6 Å². The predicted octanol–water partition coefficient (Wildman–Crippen LogP) is 3.36. The second-order valence-electron chi connectivity index (χ2n) is 4.96. The molecule has 0 aliphatic heterocycles. The van der Waals surface area contributed by atoms with E-state index in [0.717, 1.165) is 22.4 Å². The molecule has 3 nitrogen and oxygen atoms in total. The fourth-order valence-electron chi connectivity index (χ4n) is 2.35. The quantitative estimate of drug-likeness (QED) is 0.757. The van der Waals surface area contributed by atoms with Crippen LogP contribution in [0.3, 0.4) is 0 Å². The van der Waals surface area contributed by atoms with E-state index in [9.17, 15) is 4.79 Å². The number of benzene rings is 2. The lowest BCUT2D eigenvalue weighted by atomic mass is 10.0. The smallest absolute Gasteiger partial charge is 0.274 e. The van der Waals surface area contributed by atoms with Crippen molar-refractivity contribution in [3.05, 3.63) is 70.5 Å². The van der Waals surface area contributed by atoms with E-state index in [0.29, 0.717) is 0 Å². The zero-order valence-electron chi connectivity index (χ0n) is 11.6. The van der Waals surface area contributed by atoms with Crippen molar-refractivity contribution in [1.82, 2.24) is 9.78 Å². The second kappa shape index (κ2) is 4.85. The van der Waals surface area contributed by atoms with Gasteiger partial charge in [-0.1, -0.05) is 60.2 Å². The van der Waals surface area contributed by atoms with Gasteiger partial charge in [0.2, 0.25) is 0 Å². The third-order valence-corrected chi connectivity index (χ3v) is 3.45. The first-order chi connectivity index (χ1) is 9.66. The maximum atomic E-state index is 12.4. The Balaban J connectivity index is 2.25.